The van der Waals surface area contributed by atoms with Gasteiger partial charge in [0.2, 0.25) is 0 Å². The number of piperidine rings is 2. The molecule has 2 amide bonds. The second-order valence-electron chi connectivity index (χ2n) is 24.8. The molecule has 0 saturated carbocycles. The summed E-state index contributed by atoms with van der Waals surface area (Å²) in [7, 11) is 0. The van der Waals surface area contributed by atoms with Crippen molar-refractivity contribution in [3.05, 3.63) is 108 Å². The van der Waals surface area contributed by atoms with Crippen LogP contribution >= 0.6 is 0 Å². The Morgan fingerprint density at radius 3 is 0.934 bits per heavy atom. The summed E-state index contributed by atoms with van der Waals surface area (Å²) >= 11 is 0. The van der Waals surface area contributed by atoms with Crippen molar-refractivity contribution in [1.82, 2.24) is 19.9 Å². The van der Waals surface area contributed by atoms with Crippen molar-refractivity contribution >= 4 is 11.8 Å². The van der Waals surface area contributed by atoms with E-state index in [0.29, 0.717) is 50.0 Å². The molecule has 2 heterocycles. The second kappa shape index (κ2) is 28.2. The quantitative estimate of drug-likeness (QED) is 0.0502. The summed E-state index contributed by atoms with van der Waals surface area (Å²) in [6, 6.07) is 31.4. The van der Waals surface area contributed by atoms with Gasteiger partial charge in [-0.3, -0.25) is 9.59 Å². The van der Waals surface area contributed by atoms with Crippen molar-refractivity contribution in [3.63, 3.8) is 0 Å². The largest absolute Gasteiger partial charge is 0.494 e. The third-order valence-corrected chi connectivity index (χ3v) is 16.3. The van der Waals surface area contributed by atoms with Gasteiger partial charge in [-0.1, -0.05) is 152 Å². The molecule has 2 saturated heterocycles. The van der Waals surface area contributed by atoms with Gasteiger partial charge in [-0.25, -0.2) is 0 Å². The molecule has 0 aliphatic carbocycles. The molecule has 0 spiro atoms. The van der Waals surface area contributed by atoms with Gasteiger partial charge in [-0.2, -0.15) is 0 Å². The Labute approximate surface area is 459 Å². The fourth-order valence-electron chi connectivity index (χ4n) is 12.3. The SMILES string of the molecule is CCCCCCCCCCOc1ccc(-c2ccc(C(=O)N(CCN(C(=O)c3ccc(-c4ccc(OCCCCCCCCCC)cc4)cc3)C3CC(C)(C)N([O])C(C)(C)C3)C3CC(C)(C)N([O])C(C)(C)C3)cc2)cc1. The van der Waals surface area contributed by atoms with Crippen molar-refractivity contribution in [2.75, 3.05) is 26.3 Å². The molecule has 0 unspecified atom stereocenters. The first-order valence-corrected chi connectivity index (χ1v) is 29.5. The minimum absolute atomic E-state index is 0.136. The number of rotatable bonds is 29. The Bertz CT molecular complexity index is 2160. The van der Waals surface area contributed by atoms with E-state index in [0.717, 1.165) is 46.6 Å². The Morgan fingerprint density at radius 2 is 0.658 bits per heavy atom. The van der Waals surface area contributed by atoms with Crippen LogP contribution in [0.25, 0.3) is 22.3 Å². The van der Waals surface area contributed by atoms with Crippen molar-refractivity contribution in [2.24, 2.45) is 0 Å². The van der Waals surface area contributed by atoms with Crippen molar-refractivity contribution in [2.45, 2.75) is 232 Å². The number of ether oxygens (including phenoxy) is 2. The number of benzene rings is 4. The first kappa shape index (κ1) is 60.5. The predicted octanol–water partition coefficient (Wildman–Crippen LogP) is 16.4. The van der Waals surface area contributed by atoms with Crippen LogP contribution in [-0.2, 0) is 10.4 Å². The van der Waals surface area contributed by atoms with Crippen LogP contribution in [0.2, 0.25) is 0 Å². The average molecular weight is 1040 g/mol. The Kier molecular flexibility index (Phi) is 22.5. The van der Waals surface area contributed by atoms with Crippen LogP contribution in [0, 0.1) is 0 Å². The highest BCUT2D eigenvalue weighted by Crippen LogP contribution is 2.42. The van der Waals surface area contributed by atoms with Crippen LogP contribution in [0.4, 0.5) is 0 Å². The summed E-state index contributed by atoms with van der Waals surface area (Å²) < 4.78 is 12.2. The third-order valence-electron chi connectivity index (χ3n) is 16.3. The zero-order chi connectivity index (χ0) is 54.9. The second-order valence-corrected chi connectivity index (χ2v) is 24.8. The highest BCUT2D eigenvalue weighted by molar-refractivity contribution is 5.96. The predicted molar refractivity (Wildman–Crippen MR) is 309 cm³/mol. The topological polar surface area (TPSA) is 105 Å². The molecule has 2 fully saturated rings. The lowest BCUT2D eigenvalue weighted by Gasteiger charge is -2.53. The molecule has 0 atom stereocenters. The van der Waals surface area contributed by atoms with Crippen molar-refractivity contribution in [3.8, 4) is 33.8 Å². The summed E-state index contributed by atoms with van der Waals surface area (Å²) in [6.45, 7) is 22.1. The van der Waals surface area contributed by atoms with Gasteiger partial charge in [0.05, 0.1) is 13.2 Å². The zero-order valence-corrected chi connectivity index (χ0v) is 48.6. The van der Waals surface area contributed by atoms with Crippen molar-refractivity contribution < 1.29 is 29.5 Å². The standard InChI is InChI=1S/C66H96N4O6/c1-11-13-15-17-19-21-23-25-45-75-59-39-35-53(36-40-59)51-27-31-55(32-28-51)61(71)67(57-47-63(3,4)69(73)64(5,6)48-57)43-44-68(58-49-65(7,8)70(74)66(9,10)50-58)62(72)56-33-29-52(30-34-56)54-37-41-60(42-38-54)76-46-26-24-22-20-18-16-14-12-2/h27-42,57-58H,11-26,43-50H2,1-10H3. The smallest absolute Gasteiger partial charge is 0.254 e. The van der Waals surface area contributed by atoms with E-state index >= 15 is 9.59 Å². The lowest BCUT2D eigenvalue weighted by molar-refractivity contribution is -0.294. The Hall–Kier alpha value is -4.74. The maximum atomic E-state index is 15.1. The Morgan fingerprint density at radius 1 is 0.408 bits per heavy atom. The molecule has 10 nitrogen and oxygen atoms in total. The van der Waals surface area contributed by atoms with Gasteiger partial charge in [-0.15, -0.1) is 20.5 Å². The third kappa shape index (κ3) is 16.9. The Balaban J connectivity index is 1.17. The number of hydrogen-bond donors (Lipinski definition) is 0. The zero-order valence-electron chi connectivity index (χ0n) is 48.6. The molecular weight excluding hydrogens is 945 g/mol. The van der Waals surface area contributed by atoms with Gasteiger partial charge in [0.1, 0.15) is 11.5 Å². The highest BCUT2D eigenvalue weighted by atomic mass is 16.5. The van der Waals surface area contributed by atoms with Gasteiger partial charge < -0.3 is 19.3 Å². The van der Waals surface area contributed by atoms with E-state index in [4.69, 9.17) is 9.47 Å². The molecule has 10 heteroatoms. The molecule has 4 aromatic rings. The maximum Gasteiger partial charge on any atom is 0.254 e. The first-order chi connectivity index (χ1) is 36.3. The number of carbonyl (C=O) groups excluding carboxylic acids is 2. The van der Waals surface area contributed by atoms with Crippen LogP contribution in [0.5, 0.6) is 11.5 Å². The van der Waals surface area contributed by atoms with Gasteiger partial charge in [0, 0.05) is 58.5 Å². The molecule has 0 bridgehead atoms. The molecule has 4 aromatic carbocycles. The molecule has 76 heavy (non-hydrogen) atoms. The fourth-order valence-corrected chi connectivity index (χ4v) is 12.3. The lowest BCUT2D eigenvalue weighted by atomic mass is 9.77. The summed E-state index contributed by atoms with van der Waals surface area (Å²) in [5.74, 6) is 1.44. The molecule has 416 valence electrons. The van der Waals surface area contributed by atoms with Crippen LogP contribution < -0.4 is 9.47 Å². The van der Waals surface area contributed by atoms with Crippen LogP contribution in [0.15, 0.2) is 97.1 Å². The van der Waals surface area contributed by atoms with Gasteiger partial charge >= 0.3 is 0 Å². The van der Waals surface area contributed by atoms with Gasteiger partial charge in [0.25, 0.3) is 11.8 Å². The van der Waals surface area contributed by atoms with E-state index in [-0.39, 0.29) is 37.0 Å². The summed E-state index contributed by atoms with van der Waals surface area (Å²) in [4.78, 5) is 34.1. The summed E-state index contributed by atoms with van der Waals surface area (Å²) in [5.41, 5.74) is 2.23. The van der Waals surface area contributed by atoms with E-state index < -0.39 is 22.2 Å². The molecular formula is C66H96N4O6. The number of hydrogen-bond acceptors (Lipinski definition) is 6. The van der Waals surface area contributed by atoms with Crippen LogP contribution in [-0.4, -0.2) is 92.3 Å². The monoisotopic (exact) mass is 1040 g/mol. The molecule has 0 N–H and O–H groups in total. The van der Waals surface area contributed by atoms with E-state index in [1.54, 1.807) is 0 Å². The molecule has 2 aliphatic rings. The molecule has 2 radical (unpaired) electrons. The molecule has 0 aromatic heterocycles. The first-order valence-electron chi connectivity index (χ1n) is 29.5. The number of carbonyl (C=O) groups is 2. The number of unbranched alkanes of at least 4 members (excludes halogenated alkanes) is 14. The van der Waals surface area contributed by atoms with Gasteiger partial charge in [-0.05, 0) is 165 Å². The normalized spacial score (nSPS) is 17.6. The minimum Gasteiger partial charge on any atom is -0.494 e. The van der Waals surface area contributed by atoms with Crippen LogP contribution in [0.1, 0.15) is 218 Å². The van der Waals surface area contributed by atoms with E-state index in [2.05, 4.69) is 38.1 Å². The van der Waals surface area contributed by atoms with E-state index in [1.165, 1.54) is 100 Å². The highest BCUT2D eigenvalue weighted by Gasteiger charge is 2.50. The summed E-state index contributed by atoms with van der Waals surface area (Å²) in [5, 5.41) is 29.8. The minimum atomic E-state index is -0.731. The van der Waals surface area contributed by atoms with E-state index in [9.17, 15) is 10.4 Å². The molecule has 2 aliphatic heterocycles. The summed E-state index contributed by atoms with van der Waals surface area (Å²) in [6.07, 6.45) is 22.1. The number of nitrogens with zero attached hydrogens (tertiary/aromatic N) is 4. The maximum absolute atomic E-state index is 15.1. The van der Waals surface area contributed by atoms with E-state index in [1.807, 2.05) is 138 Å². The lowest BCUT2D eigenvalue weighted by Crippen LogP contribution is -2.64. The van der Waals surface area contributed by atoms with Crippen molar-refractivity contribution in [1.29, 1.82) is 0 Å². The number of hydroxylamine groups is 4. The molecule has 6 rings (SSSR count). The fraction of sp³-hybridized carbons (Fsp3) is 0.606. The van der Waals surface area contributed by atoms with Gasteiger partial charge in [0.15, 0.2) is 0 Å². The number of amides is 2. The average Bonchev–Trinajstić information content (AvgIpc) is 3.39. The van der Waals surface area contributed by atoms with Crippen LogP contribution in [0.3, 0.4) is 0 Å².